The zero-order chi connectivity index (χ0) is 9.23. The van der Waals surface area contributed by atoms with Crippen LogP contribution in [0.5, 0.6) is 0 Å². The summed E-state index contributed by atoms with van der Waals surface area (Å²) in [7, 11) is 2.51. The second-order valence-electron chi connectivity index (χ2n) is 2.59. The molecule has 0 saturated heterocycles. The SMILES string of the molecule is CCNCCCC[Si](OC)OC. The van der Waals surface area contributed by atoms with E-state index in [0.29, 0.717) is 0 Å². The van der Waals surface area contributed by atoms with Crippen LogP contribution in [-0.4, -0.2) is 36.6 Å². The lowest BCUT2D eigenvalue weighted by Gasteiger charge is -2.08. The standard InChI is InChI=1S/C8H20NO2Si/c1-4-9-7-5-6-8-12(10-2)11-3/h9H,4-8H2,1-3H3. The van der Waals surface area contributed by atoms with Crippen molar-refractivity contribution in [1.82, 2.24) is 5.32 Å². The average molecular weight is 190 g/mol. The van der Waals surface area contributed by atoms with Gasteiger partial charge in [0, 0.05) is 14.2 Å². The van der Waals surface area contributed by atoms with Crippen LogP contribution in [-0.2, 0) is 8.85 Å². The van der Waals surface area contributed by atoms with E-state index in [1.807, 2.05) is 0 Å². The fourth-order valence-electron chi connectivity index (χ4n) is 0.984. The molecule has 73 valence electrons. The van der Waals surface area contributed by atoms with Crippen LogP contribution in [0, 0.1) is 0 Å². The highest BCUT2D eigenvalue weighted by atomic mass is 28.3. The fraction of sp³-hybridized carbons (Fsp3) is 1.00. The highest BCUT2D eigenvalue weighted by Gasteiger charge is 2.09. The molecule has 0 heterocycles. The third kappa shape index (κ3) is 6.79. The Kier molecular flexibility index (Phi) is 9.26. The first-order valence-electron chi connectivity index (χ1n) is 4.49. The van der Waals surface area contributed by atoms with Gasteiger partial charge in [-0.05, 0) is 25.6 Å². The molecule has 0 saturated carbocycles. The molecule has 0 aliphatic carbocycles. The van der Waals surface area contributed by atoms with Crippen LogP contribution in [0.3, 0.4) is 0 Å². The van der Waals surface area contributed by atoms with Gasteiger partial charge in [-0.15, -0.1) is 0 Å². The molecule has 0 spiro atoms. The third-order valence-corrected chi connectivity index (χ3v) is 3.36. The van der Waals surface area contributed by atoms with Crippen molar-refractivity contribution in [3.8, 4) is 0 Å². The average Bonchev–Trinajstić information content (AvgIpc) is 2.11. The van der Waals surface area contributed by atoms with E-state index in [4.69, 9.17) is 8.85 Å². The van der Waals surface area contributed by atoms with E-state index in [2.05, 4.69) is 12.2 Å². The molecule has 0 fully saturated rings. The van der Waals surface area contributed by atoms with E-state index in [1.165, 1.54) is 12.8 Å². The monoisotopic (exact) mass is 190 g/mol. The van der Waals surface area contributed by atoms with Gasteiger partial charge in [0.05, 0.1) is 0 Å². The summed E-state index contributed by atoms with van der Waals surface area (Å²) in [5.41, 5.74) is 0. The first kappa shape index (κ1) is 12.1. The zero-order valence-electron chi connectivity index (χ0n) is 8.35. The molecule has 0 aromatic heterocycles. The second-order valence-corrected chi connectivity index (χ2v) is 4.65. The van der Waals surface area contributed by atoms with E-state index in [1.54, 1.807) is 14.2 Å². The van der Waals surface area contributed by atoms with E-state index in [0.717, 1.165) is 19.1 Å². The first-order valence-corrected chi connectivity index (χ1v) is 6.02. The van der Waals surface area contributed by atoms with Gasteiger partial charge in [0.25, 0.3) is 0 Å². The van der Waals surface area contributed by atoms with Gasteiger partial charge in [0.2, 0.25) is 0 Å². The molecule has 12 heavy (non-hydrogen) atoms. The molecule has 0 aromatic rings. The maximum Gasteiger partial charge on any atom is 0.384 e. The van der Waals surface area contributed by atoms with E-state index in [9.17, 15) is 0 Å². The molecule has 0 aliphatic rings. The third-order valence-electron chi connectivity index (χ3n) is 1.69. The molecule has 0 amide bonds. The molecule has 0 aliphatic heterocycles. The summed E-state index contributed by atoms with van der Waals surface area (Å²) in [6.07, 6.45) is 2.41. The van der Waals surface area contributed by atoms with Crippen molar-refractivity contribution in [2.24, 2.45) is 0 Å². The summed E-state index contributed by atoms with van der Waals surface area (Å²) >= 11 is 0. The van der Waals surface area contributed by atoms with Gasteiger partial charge >= 0.3 is 9.28 Å². The maximum absolute atomic E-state index is 5.17. The number of rotatable bonds is 8. The van der Waals surface area contributed by atoms with E-state index in [-0.39, 0.29) is 0 Å². The highest BCUT2D eigenvalue weighted by molar-refractivity contribution is 6.44. The van der Waals surface area contributed by atoms with E-state index < -0.39 is 9.28 Å². The minimum atomic E-state index is -0.938. The number of unbranched alkanes of at least 4 members (excludes halogenated alkanes) is 1. The van der Waals surface area contributed by atoms with E-state index >= 15 is 0 Å². The van der Waals surface area contributed by atoms with Gasteiger partial charge in [-0.3, -0.25) is 0 Å². The number of hydrogen-bond donors (Lipinski definition) is 1. The second kappa shape index (κ2) is 9.19. The minimum absolute atomic E-state index is 0.938. The van der Waals surface area contributed by atoms with Crippen molar-refractivity contribution in [2.45, 2.75) is 25.8 Å². The molecule has 1 radical (unpaired) electrons. The molecule has 1 N–H and O–H groups in total. The van der Waals surface area contributed by atoms with Crippen LogP contribution >= 0.6 is 0 Å². The van der Waals surface area contributed by atoms with Gasteiger partial charge in [-0.1, -0.05) is 13.3 Å². The lowest BCUT2D eigenvalue weighted by atomic mass is 10.3. The van der Waals surface area contributed by atoms with Crippen molar-refractivity contribution in [3.63, 3.8) is 0 Å². The predicted octanol–water partition coefficient (Wildman–Crippen LogP) is 1.16. The largest absolute Gasteiger partial charge is 0.397 e. The van der Waals surface area contributed by atoms with Crippen LogP contribution in [0.4, 0.5) is 0 Å². The Morgan fingerprint density at radius 1 is 1.17 bits per heavy atom. The summed E-state index contributed by atoms with van der Waals surface area (Å²) in [5.74, 6) is 0. The van der Waals surface area contributed by atoms with Gasteiger partial charge in [-0.2, -0.15) is 0 Å². The summed E-state index contributed by atoms with van der Waals surface area (Å²) in [4.78, 5) is 0. The smallest absolute Gasteiger partial charge is 0.384 e. The molecule has 0 rings (SSSR count). The Morgan fingerprint density at radius 2 is 1.83 bits per heavy atom. The van der Waals surface area contributed by atoms with Crippen molar-refractivity contribution in [2.75, 3.05) is 27.3 Å². The number of nitrogens with one attached hydrogen (secondary N) is 1. The summed E-state index contributed by atoms with van der Waals surface area (Å²) < 4.78 is 10.3. The maximum atomic E-state index is 5.17. The highest BCUT2D eigenvalue weighted by Crippen LogP contribution is 2.01. The van der Waals surface area contributed by atoms with Crippen molar-refractivity contribution in [3.05, 3.63) is 0 Å². The van der Waals surface area contributed by atoms with Crippen LogP contribution in [0.1, 0.15) is 19.8 Å². The summed E-state index contributed by atoms with van der Waals surface area (Å²) in [6, 6.07) is 1.09. The molecule has 0 aromatic carbocycles. The molecular formula is C8H20NO2Si. The molecule has 3 nitrogen and oxygen atoms in total. The normalized spacial score (nSPS) is 11.0. The topological polar surface area (TPSA) is 30.5 Å². The van der Waals surface area contributed by atoms with Crippen LogP contribution in [0.2, 0.25) is 6.04 Å². The van der Waals surface area contributed by atoms with Gasteiger partial charge in [0.1, 0.15) is 0 Å². The van der Waals surface area contributed by atoms with Crippen molar-refractivity contribution in [1.29, 1.82) is 0 Å². The molecular weight excluding hydrogens is 170 g/mol. The predicted molar refractivity (Wildman–Crippen MR) is 52.4 cm³/mol. The Labute approximate surface area is 77.3 Å². The molecule has 4 heteroatoms. The summed E-state index contributed by atoms with van der Waals surface area (Å²) in [6.45, 7) is 4.30. The van der Waals surface area contributed by atoms with Crippen LogP contribution < -0.4 is 5.32 Å². The van der Waals surface area contributed by atoms with Gasteiger partial charge in [-0.25, -0.2) is 0 Å². The Hall–Kier alpha value is 0.0969. The van der Waals surface area contributed by atoms with Gasteiger partial charge in [0.15, 0.2) is 0 Å². The molecule has 0 unspecified atom stereocenters. The van der Waals surface area contributed by atoms with Crippen molar-refractivity contribution >= 4 is 9.28 Å². The molecule has 0 bridgehead atoms. The lowest BCUT2D eigenvalue weighted by molar-refractivity contribution is 0.276. The minimum Gasteiger partial charge on any atom is -0.397 e. The van der Waals surface area contributed by atoms with Crippen LogP contribution in [0.25, 0.3) is 0 Å². The first-order chi connectivity index (χ1) is 5.85. The Bertz CT molecular complexity index is 89.1. The molecule has 0 atom stereocenters. The van der Waals surface area contributed by atoms with Gasteiger partial charge < -0.3 is 14.2 Å². The number of hydrogen-bond acceptors (Lipinski definition) is 3. The fourth-order valence-corrected chi connectivity index (χ4v) is 2.10. The zero-order valence-corrected chi connectivity index (χ0v) is 9.35. The Balaban J connectivity index is 3.06. The quantitative estimate of drug-likeness (QED) is 0.460. The Morgan fingerprint density at radius 3 is 2.33 bits per heavy atom. The lowest BCUT2D eigenvalue weighted by Crippen LogP contribution is -2.19. The van der Waals surface area contributed by atoms with Crippen LogP contribution in [0.15, 0.2) is 0 Å². The summed E-state index contributed by atoms with van der Waals surface area (Å²) in [5, 5.41) is 3.29. The van der Waals surface area contributed by atoms with Crippen molar-refractivity contribution < 1.29 is 8.85 Å².